The predicted octanol–water partition coefficient (Wildman–Crippen LogP) is 2.24. The van der Waals surface area contributed by atoms with Crippen molar-refractivity contribution in [2.45, 2.75) is 5.41 Å². The Morgan fingerprint density at radius 1 is 0.850 bits per heavy atom. The van der Waals surface area contributed by atoms with E-state index in [0.29, 0.717) is 0 Å². The number of hydrogen-bond acceptors (Lipinski definition) is 3. The summed E-state index contributed by atoms with van der Waals surface area (Å²) < 4.78 is 5.10. The summed E-state index contributed by atoms with van der Waals surface area (Å²) in [4.78, 5) is 23.8. The molecule has 100 valence electrons. The van der Waals surface area contributed by atoms with Gasteiger partial charge in [-0.25, -0.2) is 4.79 Å². The molecule has 20 heavy (non-hydrogen) atoms. The van der Waals surface area contributed by atoms with E-state index in [9.17, 15) is 9.59 Å². The molecule has 0 aliphatic carbocycles. The molecule has 1 aliphatic rings. The van der Waals surface area contributed by atoms with Gasteiger partial charge in [-0.15, -0.1) is 0 Å². The van der Waals surface area contributed by atoms with Crippen LogP contribution in [0.25, 0.3) is 0 Å². The van der Waals surface area contributed by atoms with Gasteiger partial charge in [-0.2, -0.15) is 0 Å². The van der Waals surface area contributed by atoms with Gasteiger partial charge in [0.05, 0.1) is 0 Å². The number of cyclic esters (lactones) is 1. The first kappa shape index (κ1) is 12.4. The van der Waals surface area contributed by atoms with E-state index in [2.05, 4.69) is 5.32 Å². The largest absolute Gasteiger partial charge is 0.447 e. The van der Waals surface area contributed by atoms with Crippen LogP contribution in [0, 0.1) is 0 Å². The summed E-state index contributed by atoms with van der Waals surface area (Å²) >= 11 is 0. The monoisotopic (exact) mass is 267 g/mol. The average Bonchev–Trinajstić information content (AvgIpc) is 2.50. The van der Waals surface area contributed by atoms with E-state index in [1.165, 1.54) is 0 Å². The Balaban J connectivity index is 2.18. The van der Waals surface area contributed by atoms with Gasteiger partial charge in [0, 0.05) is 0 Å². The molecule has 1 saturated heterocycles. The zero-order valence-electron chi connectivity index (χ0n) is 10.7. The van der Waals surface area contributed by atoms with Crippen molar-refractivity contribution in [2.24, 2.45) is 0 Å². The second kappa shape index (κ2) is 4.81. The van der Waals surface area contributed by atoms with Crippen LogP contribution in [0.5, 0.6) is 0 Å². The van der Waals surface area contributed by atoms with E-state index >= 15 is 0 Å². The number of amides is 2. The highest BCUT2D eigenvalue weighted by atomic mass is 16.6. The fraction of sp³-hybridized carbons (Fsp3) is 0.125. The van der Waals surface area contributed by atoms with Crippen LogP contribution in [0.15, 0.2) is 60.7 Å². The normalized spacial score (nSPS) is 17.2. The molecule has 1 N–H and O–H groups in total. The summed E-state index contributed by atoms with van der Waals surface area (Å²) in [7, 11) is 0. The standard InChI is InChI=1S/C16H13NO3/c18-14-16(11-20-15(19)17-14,12-7-3-1-4-8-12)13-9-5-2-6-10-13/h1-10H,11H2,(H,17,18,19). The van der Waals surface area contributed by atoms with Crippen LogP contribution in [0.2, 0.25) is 0 Å². The number of imide groups is 1. The maximum absolute atomic E-state index is 12.5. The number of alkyl carbamates (subject to hydrolysis) is 1. The molecular weight excluding hydrogens is 254 g/mol. The summed E-state index contributed by atoms with van der Waals surface area (Å²) in [5, 5.41) is 2.27. The molecule has 0 radical (unpaired) electrons. The Labute approximate surface area is 116 Å². The van der Waals surface area contributed by atoms with Crippen LogP contribution >= 0.6 is 0 Å². The van der Waals surface area contributed by atoms with E-state index in [1.54, 1.807) is 0 Å². The fourth-order valence-corrected chi connectivity index (χ4v) is 2.52. The van der Waals surface area contributed by atoms with Gasteiger partial charge in [0.15, 0.2) is 0 Å². The number of rotatable bonds is 2. The minimum absolute atomic E-state index is 0.00565. The number of benzene rings is 2. The molecule has 0 saturated carbocycles. The van der Waals surface area contributed by atoms with E-state index in [0.717, 1.165) is 11.1 Å². The van der Waals surface area contributed by atoms with Crippen LogP contribution in [0.1, 0.15) is 11.1 Å². The molecule has 3 rings (SSSR count). The molecule has 2 aromatic rings. The van der Waals surface area contributed by atoms with Gasteiger partial charge in [0.1, 0.15) is 12.0 Å². The molecule has 0 spiro atoms. The Bertz CT molecular complexity index is 598. The Hall–Kier alpha value is -2.62. The summed E-state index contributed by atoms with van der Waals surface area (Å²) in [6.07, 6.45) is -0.697. The fourth-order valence-electron chi connectivity index (χ4n) is 2.52. The van der Waals surface area contributed by atoms with Gasteiger partial charge in [0.2, 0.25) is 5.91 Å². The van der Waals surface area contributed by atoms with Gasteiger partial charge in [-0.1, -0.05) is 60.7 Å². The van der Waals surface area contributed by atoms with Crippen LogP contribution in [0.3, 0.4) is 0 Å². The molecule has 4 nitrogen and oxygen atoms in total. The van der Waals surface area contributed by atoms with Crippen molar-refractivity contribution in [2.75, 3.05) is 6.61 Å². The number of carbonyl (C=O) groups excluding carboxylic acids is 2. The second-order valence-corrected chi connectivity index (χ2v) is 4.67. The number of hydrogen-bond donors (Lipinski definition) is 1. The molecule has 2 amide bonds. The van der Waals surface area contributed by atoms with Crippen LogP contribution < -0.4 is 5.32 Å². The highest BCUT2D eigenvalue weighted by Crippen LogP contribution is 2.34. The first-order chi connectivity index (χ1) is 9.73. The molecule has 0 atom stereocenters. The van der Waals surface area contributed by atoms with Crippen LogP contribution in [0.4, 0.5) is 4.79 Å². The summed E-state index contributed by atoms with van der Waals surface area (Å²) in [6.45, 7) is 0.00565. The van der Waals surface area contributed by atoms with E-state index in [4.69, 9.17) is 4.74 Å². The van der Waals surface area contributed by atoms with Crippen molar-refractivity contribution in [3.8, 4) is 0 Å². The second-order valence-electron chi connectivity index (χ2n) is 4.67. The SMILES string of the molecule is O=C1NC(=O)C(c2ccccc2)(c2ccccc2)CO1. The first-order valence-corrected chi connectivity index (χ1v) is 6.33. The Morgan fingerprint density at radius 3 is 1.80 bits per heavy atom. The highest BCUT2D eigenvalue weighted by Gasteiger charge is 2.47. The van der Waals surface area contributed by atoms with Gasteiger partial charge < -0.3 is 4.74 Å². The summed E-state index contributed by atoms with van der Waals surface area (Å²) in [5.41, 5.74) is 0.614. The molecule has 0 aromatic heterocycles. The number of carbonyl (C=O) groups is 2. The Morgan fingerprint density at radius 2 is 1.35 bits per heavy atom. The quantitative estimate of drug-likeness (QED) is 0.907. The van der Waals surface area contributed by atoms with Crippen LogP contribution in [-0.4, -0.2) is 18.6 Å². The van der Waals surface area contributed by atoms with E-state index < -0.39 is 11.5 Å². The number of nitrogens with one attached hydrogen (secondary N) is 1. The summed E-state index contributed by atoms with van der Waals surface area (Å²) in [6, 6.07) is 18.7. The van der Waals surface area contributed by atoms with E-state index in [1.807, 2.05) is 60.7 Å². The molecule has 1 heterocycles. The Kier molecular flexibility index (Phi) is 2.99. The molecular formula is C16H13NO3. The minimum atomic E-state index is -0.990. The lowest BCUT2D eigenvalue weighted by molar-refractivity contribution is -0.128. The third-order valence-corrected chi connectivity index (χ3v) is 3.56. The lowest BCUT2D eigenvalue weighted by atomic mass is 9.74. The summed E-state index contributed by atoms with van der Waals surface area (Å²) in [5.74, 6) is -0.355. The molecule has 1 aliphatic heterocycles. The van der Waals surface area contributed by atoms with Crippen molar-refractivity contribution in [1.29, 1.82) is 0 Å². The molecule has 4 heteroatoms. The minimum Gasteiger partial charge on any atom is -0.447 e. The maximum Gasteiger partial charge on any atom is 0.413 e. The first-order valence-electron chi connectivity index (χ1n) is 6.33. The molecule has 0 bridgehead atoms. The molecule has 1 fully saturated rings. The maximum atomic E-state index is 12.5. The van der Waals surface area contributed by atoms with Crippen LogP contribution in [-0.2, 0) is 14.9 Å². The highest BCUT2D eigenvalue weighted by molar-refractivity contribution is 6.03. The zero-order valence-corrected chi connectivity index (χ0v) is 10.7. The zero-order chi connectivity index (χ0) is 14.0. The van der Waals surface area contributed by atoms with Gasteiger partial charge in [-0.3, -0.25) is 10.1 Å². The topological polar surface area (TPSA) is 55.4 Å². The van der Waals surface area contributed by atoms with Crippen molar-refractivity contribution in [3.05, 3.63) is 71.8 Å². The molecule has 0 unspecified atom stereocenters. The van der Waals surface area contributed by atoms with E-state index in [-0.39, 0.29) is 12.5 Å². The van der Waals surface area contributed by atoms with Gasteiger partial charge >= 0.3 is 6.09 Å². The smallest absolute Gasteiger partial charge is 0.413 e. The van der Waals surface area contributed by atoms with Crippen molar-refractivity contribution in [3.63, 3.8) is 0 Å². The third-order valence-electron chi connectivity index (χ3n) is 3.56. The van der Waals surface area contributed by atoms with Gasteiger partial charge in [-0.05, 0) is 11.1 Å². The van der Waals surface area contributed by atoms with Crippen molar-refractivity contribution in [1.82, 2.24) is 5.32 Å². The van der Waals surface area contributed by atoms with Crippen molar-refractivity contribution < 1.29 is 14.3 Å². The van der Waals surface area contributed by atoms with Gasteiger partial charge in [0.25, 0.3) is 0 Å². The number of ether oxygens (including phenoxy) is 1. The lowest BCUT2D eigenvalue weighted by Gasteiger charge is -2.35. The lowest BCUT2D eigenvalue weighted by Crippen LogP contribution is -2.55. The molecule has 2 aromatic carbocycles. The average molecular weight is 267 g/mol. The van der Waals surface area contributed by atoms with Crippen molar-refractivity contribution >= 4 is 12.0 Å². The third kappa shape index (κ3) is 1.86. The predicted molar refractivity (Wildman–Crippen MR) is 73.2 cm³/mol.